The van der Waals surface area contributed by atoms with Gasteiger partial charge in [0.25, 0.3) is 0 Å². The first-order valence-electron chi connectivity index (χ1n) is 10.4. The Hall–Kier alpha value is -4.04. The molecule has 2 heterocycles. The zero-order chi connectivity index (χ0) is 26.3. The number of carboxylic acid groups (broad SMARTS) is 1. The Balaban J connectivity index is 1.80. The number of carboxylic acids is 1. The molecule has 13 heteroatoms. The van der Waals surface area contributed by atoms with Gasteiger partial charge in [-0.1, -0.05) is 0 Å². The summed E-state index contributed by atoms with van der Waals surface area (Å²) in [5, 5.41) is 59.3. The normalized spacial score (nSPS) is 23.9. The van der Waals surface area contributed by atoms with Gasteiger partial charge in [-0.15, -0.1) is 0 Å². The third kappa shape index (κ3) is 4.24. The molecule has 1 fully saturated rings. The van der Waals surface area contributed by atoms with Crippen molar-refractivity contribution >= 4 is 16.9 Å². The Kier molecular flexibility index (Phi) is 6.65. The number of aromatic hydroxyl groups is 2. The van der Waals surface area contributed by atoms with Crippen LogP contribution in [0.4, 0.5) is 0 Å². The molecule has 192 valence electrons. The molecule has 1 saturated heterocycles. The lowest BCUT2D eigenvalue weighted by Gasteiger charge is -2.38. The predicted octanol–water partition coefficient (Wildman–Crippen LogP) is 0.159. The Labute approximate surface area is 201 Å². The number of phenols is 2. The monoisotopic (exact) mass is 506 g/mol. The first-order chi connectivity index (χ1) is 17.1. The van der Waals surface area contributed by atoms with Crippen molar-refractivity contribution in [3.8, 4) is 40.1 Å². The quantitative estimate of drug-likeness (QED) is 0.264. The number of carbonyl (C=O) groups is 1. The fourth-order valence-electron chi connectivity index (χ4n) is 3.80. The van der Waals surface area contributed by atoms with E-state index in [0.717, 1.165) is 6.07 Å². The summed E-state index contributed by atoms with van der Waals surface area (Å²) in [7, 11) is 2.56. The van der Waals surface area contributed by atoms with Crippen molar-refractivity contribution < 1.29 is 58.8 Å². The summed E-state index contributed by atoms with van der Waals surface area (Å²) >= 11 is 0. The molecule has 13 nitrogen and oxygen atoms in total. The summed E-state index contributed by atoms with van der Waals surface area (Å²) in [5.74, 6) is -2.79. The maximum absolute atomic E-state index is 13.1. The van der Waals surface area contributed by atoms with Crippen LogP contribution in [0.15, 0.2) is 39.5 Å². The molecule has 1 aliphatic heterocycles. The standard InChI is InChI=1S/C23H22O13/c1-32-12-5-8(3-4-10(12)24)19-20(33-2)15(26)14-11(25)6-9(7-13(14)35-19)34-23-18(29)16(27)17(28)21(36-23)22(30)31/h3-7,16-18,21,23-25,27-29H,1-2H3,(H,30,31)/t16-,17+,18-,21-,23-/m1/s1. The number of aliphatic hydroxyl groups excluding tert-OH is 3. The maximum atomic E-state index is 13.1. The predicted molar refractivity (Wildman–Crippen MR) is 119 cm³/mol. The number of aliphatic carboxylic acids is 1. The van der Waals surface area contributed by atoms with Gasteiger partial charge >= 0.3 is 5.97 Å². The molecule has 0 spiro atoms. The molecule has 0 saturated carbocycles. The zero-order valence-electron chi connectivity index (χ0n) is 18.8. The van der Waals surface area contributed by atoms with E-state index in [1.54, 1.807) is 0 Å². The van der Waals surface area contributed by atoms with Crippen LogP contribution in [0.1, 0.15) is 0 Å². The third-order valence-electron chi connectivity index (χ3n) is 5.62. The average molecular weight is 506 g/mol. The zero-order valence-corrected chi connectivity index (χ0v) is 18.8. The van der Waals surface area contributed by atoms with Crippen LogP contribution >= 0.6 is 0 Å². The van der Waals surface area contributed by atoms with Crippen LogP contribution < -0.4 is 19.6 Å². The molecule has 0 amide bonds. The lowest BCUT2D eigenvalue weighted by atomic mass is 9.99. The second-order valence-electron chi connectivity index (χ2n) is 7.85. The number of hydrogen-bond donors (Lipinski definition) is 6. The highest BCUT2D eigenvalue weighted by Crippen LogP contribution is 2.39. The first kappa shape index (κ1) is 25.1. The summed E-state index contributed by atoms with van der Waals surface area (Å²) in [6.45, 7) is 0. The second kappa shape index (κ2) is 9.54. The number of ether oxygens (including phenoxy) is 4. The Morgan fingerprint density at radius 2 is 1.67 bits per heavy atom. The van der Waals surface area contributed by atoms with E-state index in [9.17, 15) is 40.2 Å². The molecule has 1 aliphatic rings. The summed E-state index contributed by atoms with van der Waals surface area (Å²) < 4.78 is 26.6. The molecule has 5 atom stereocenters. The van der Waals surface area contributed by atoms with Crippen molar-refractivity contribution in [3.63, 3.8) is 0 Å². The van der Waals surface area contributed by atoms with Crippen molar-refractivity contribution in [2.45, 2.75) is 30.7 Å². The summed E-state index contributed by atoms with van der Waals surface area (Å²) in [6, 6.07) is 6.31. The molecule has 1 aromatic heterocycles. The fourth-order valence-corrected chi connectivity index (χ4v) is 3.80. The van der Waals surface area contributed by atoms with Crippen LogP contribution in [0.25, 0.3) is 22.3 Å². The van der Waals surface area contributed by atoms with Gasteiger partial charge in [0, 0.05) is 17.7 Å². The fraction of sp³-hybridized carbons (Fsp3) is 0.304. The molecule has 0 bridgehead atoms. The molecule has 4 rings (SSSR count). The number of benzene rings is 2. The third-order valence-corrected chi connectivity index (χ3v) is 5.62. The summed E-state index contributed by atoms with van der Waals surface area (Å²) in [6.07, 6.45) is -9.33. The first-order valence-corrected chi connectivity index (χ1v) is 10.4. The molecular weight excluding hydrogens is 484 g/mol. The van der Waals surface area contributed by atoms with E-state index in [1.165, 1.54) is 38.5 Å². The van der Waals surface area contributed by atoms with Gasteiger partial charge in [-0.05, 0) is 18.2 Å². The summed E-state index contributed by atoms with van der Waals surface area (Å²) in [4.78, 5) is 24.4. The van der Waals surface area contributed by atoms with Gasteiger partial charge in [0.1, 0.15) is 40.8 Å². The minimum absolute atomic E-state index is 0.0664. The van der Waals surface area contributed by atoms with Crippen LogP contribution in [-0.2, 0) is 9.53 Å². The maximum Gasteiger partial charge on any atom is 0.335 e. The van der Waals surface area contributed by atoms with E-state index in [4.69, 9.17) is 23.4 Å². The van der Waals surface area contributed by atoms with E-state index in [-0.39, 0.29) is 39.7 Å². The van der Waals surface area contributed by atoms with E-state index in [1.807, 2.05) is 0 Å². The van der Waals surface area contributed by atoms with Crippen molar-refractivity contribution in [2.24, 2.45) is 0 Å². The van der Waals surface area contributed by atoms with Crippen LogP contribution in [0.3, 0.4) is 0 Å². The smallest absolute Gasteiger partial charge is 0.335 e. The molecule has 0 aliphatic carbocycles. The van der Waals surface area contributed by atoms with Crippen molar-refractivity contribution in [1.82, 2.24) is 0 Å². The van der Waals surface area contributed by atoms with Crippen molar-refractivity contribution in [2.75, 3.05) is 14.2 Å². The number of hydrogen-bond acceptors (Lipinski definition) is 12. The number of phenolic OH excluding ortho intramolecular Hbond substituents is 2. The Morgan fingerprint density at radius 3 is 2.31 bits per heavy atom. The van der Waals surface area contributed by atoms with Gasteiger partial charge in [-0.25, -0.2) is 4.79 Å². The molecular formula is C23H22O13. The highest BCUT2D eigenvalue weighted by atomic mass is 16.7. The highest BCUT2D eigenvalue weighted by molar-refractivity contribution is 5.88. The van der Waals surface area contributed by atoms with E-state index in [0.29, 0.717) is 5.56 Å². The van der Waals surface area contributed by atoms with E-state index in [2.05, 4.69) is 0 Å². The van der Waals surface area contributed by atoms with Crippen LogP contribution in [-0.4, -0.2) is 81.5 Å². The SMILES string of the molecule is COc1cc(-c2oc3cc(O[C@@H]4O[C@@H](C(=O)O)[C@@H](O)[C@@H](O)[C@H]4O)cc(O)c3c(=O)c2OC)ccc1O. The van der Waals surface area contributed by atoms with E-state index < -0.39 is 47.9 Å². The average Bonchev–Trinajstić information content (AvgIpc) is 2.84. The van der Waals surface area contributed by atoms with Gasteiger partial charge in [0.15, 0.2) is 23.4 Å². The Morgan fingerprint density at radius 1 is 0.944 bits per heavy atom. The lowest BCUT2D eigenvalue weighted by Crippen LogP contribution is -2.61. The largest absolute Gasteiger partial charge is 0.507 e. The number of fused-ring (bicyclic) bond motifs is 1. The minimum Gasteiger partial charge on any atom is -0.507 e. The lowest BCUT2D eigenvalue weighted by molar-refractivity contribution is -0.271. The van der Waals surface area contributed by atoms with Gasteiger partial charge in [-0.3, -0.25) is 4.79 Å². The highest BCUT2D eigenvalue weighted by Gasteiger charge is 2.48. The molecule has 0 radical (unpaired) electrons. The molecule has 36 heavy (non-hydrogen) atoms. The molecule has 0 unspecified atom stereocenters. The number of methoxy groups -OCH3 is 2. The van der Waals surface area contributed by atoms with Crippen molar-refractivity contribution in [3.05, 3.63) is 40.6 Å². The molecule has 3 aromatic rings. The van der Waals surface area contributed by atoms with E-state index >= 15 is 0 Å². The second-order valence-corrected chi connectivity index (χ2v) is 7.85. The van der Waals surface area contributed by atoms with Gasteiger partial charge in [-0.2, -0.15) is 0 Å². The van der Waals surface area contributed by atoms with Gasteiger partial charge in [0.05, 0.1) is 14.2 Å². The van der Waals surface area contributed by atoms with Crippen LogP contribution in [0, 0.1) is 0 Å². The number of aliphatic hydroxyl groups is 3. The van der Waals surface area contributed by atoms with Crippen LogP contribution in [0.2, 0.25) is 0 Å². The molecule has 2 aromatic carbocycles. The molecule has 6 N–H and O–H groups in total. The minimum atomic E-state index is -1.92. The van der Waals surface area contributed by atoms with Gasteiger partial charge in [0.2, 0.25) is 17.5 Å². The van der Waals surface area contributed by atoms with Crippen molar-refractivity contribution in [1.29, 1.82) is 0 Å². The van der Waals surface area contributed by atoms with Gasteiger partial charge < -0.3 is 54.0 Å². The topological polar surface area (TPSA) is 206 Å². The Bertz CT molecular complexity index is 1360. The van der Waals surface area contributed by atoms with Crippen LogP contribution in [0.5, 0.6) is 28.7 Å². The summed E-state index contributed by atoms with van der Waals surface area (Å²) in [5.41, 5.74) is -0.624. The number of rotatable bonds is 6.